The minimum absolute atomic E-state index is 0.236. The zero-order valence-corrected chi connectivity index (χ0v) is 14.0. The first-order valence-electron chi connectivity index (χ1n) is 8.44. The summed E-state index contributed by atoms with van der Waals surface area (Å²) in [6.45, 7) is 3.24. The predicted molar refractivity (Wildman–Crippen MR) is 96.1 cm³/mol. The van der Waals surface area contributed by atoms with Crippen LogP contribution in [0.2, 0.25) is 0 Å². The molecule has 0 spiro atoms. The van der Waals surface area contributed by atoms with E-state index in [1.165, 1.54) is 10.1 Å². The van der Waals surface area contributed by atoms with Crippen molar-refractivity contribution in [1.29, 1.82) is 0 Å². The SMILES string of the molecule is CC(Cc1ccc(-n2ccc(N)nc2=O)cc1)NCC1CC(N)C1. The average molecular weight is 327 g/mol. The van der Waals surface area contributed by atoms with Crippen LogP contribution >= 0.6 is 0 Å². The molecule has 128 valence electrons. The van der Waals surface area contributed by atoms with Crippen molar-refractivity contribution in [3.63, 3.8) is 0 Å². The lowest BCUT2D eigenvalue weighted by Gasteiger charge is -2.33. The number of rotatable bonds is 6. The molecule has 0 saturated heterocycles. The Balaban J connectivity index is 1.57. The number of nitrogens with two attached hydrogens (primary N) is 2. The second-order valence-electron chi connectivity index (χ2n) is 6.78. The Kier molecular flexibility index (Phi) is 4.97. The van der Waals surface area contributed by atoms with Gasteiger partial charge in [-0.15, -0.1) is 0 Å². The zero-order valence-electron chi connectivity index (χ0n) is 14.0. The number of nitrogens with one attached hydrogen (secondary N) is 1. The van der Waals surface area contributed by atoms with Crippen LogP contribution in [-0.4, -0.2) is 28.2 Å². The molecule has 1 unspecified atom stereocenters. The smallest absolute Gasteiger partial charge is 0.354 e. The first-order chi connectivity index (χ1) is 11.5. The van der Waals surface area contributed by atoms with E-state index < -0.39 is 0 Å². The van der Waals surface area contributed by atoms with Crippen molar-refractivity contribution < 1.29 is 0 Å². The summed E-state index contributed by atoms with van der Waals surface area (Å²) in [6, 6.07) is 10.4. The fourth-order valence-corrected chi connectivity index (χ4v) is 3.15. The molecule has 6 nitrogen and oxygen atoms in total. The van der Waals surface area contributed by atoms with Gasteiger partial charge in [0, 0.05) is 18.3 Å². The van der Waals surface area contributed by atoms with Crippen LogP contribution in [0, 0.1) is 5.92 Å². The molecule has 1 saturated carbocycles. The molecule has 0 radical (unpaired) electrons. The lowest BCUT2D eigenvalue weighted by Crippen LogP contribution is -2.43. The van der Waals surface area contributed by atoms with Crippen LogP contribution in [0.3, 0.4) is 0 Å². The summed E-state index contributed by atoms with van der Waals surface area (Å²) < 4.78 is 1.49. The highest BCUT2D eigenvalue weighted by Gasteiger charge is 2.25. The third-order valence-electron chi connectivity index (χ3n) is 4.61. The summed E-state index contributed by atoms with van der Waals surface area (Å²) in [5, 5.41) is 3.58. The van der Waals surface area contributed by atoms with E-state index in [0.29, 0.717) is 12.1 Å². The van der Waals surface area contributed by atoms with Gasteiger partial charge in [0.25, 0.3) is 0 Å². The fraction of sp³-hybridized carbons (Fsp3) is 0.444. The van der Waals surface area contributed by atoms with Crippen LogP contribution in [0.1, 0.15) is 25.3 Å². The van der Waals surface area contributed by atoms with Crippen molar-refractivity contribution in [1.82, 2.24) is 14.9 Å². The van der Waals surface area contributed by atoms with Crippen LogP contribution in [-0.2, 0) is 6.42 Å². The molecule has 0 bridgehead atoms. The lowest BCUT2D eigenvalue weighted by atomic mass is 9.81. The van der Waals surface area contributed by atoms with E-state index in [1.807, 2.05) is 12.1 Å². The molecule has 0 aliphatic heterocycles. The topological polar surface area (TPSA) is 99.0 Å². The second-order valence-corrected chi connectivity index (χ2v) is 6.78. The fourth-order valence-electron chi connectivity index (χ4n) is 3.15. The van der Waals surface area contributed by atoms with Gasteiger partial charge in [0.15, 0.2) is 0 Å². The van der Waals surface area contributed by atoms with Gasteiger partial charge in [0.1, 0.15) is 5.82 Å². The molecule has 5 N–H and O–H groups in total. The normalized spacial score (nSPS) is 21.2. The van der Waals surface area contributed by atoms with Gasteiger partial charge in [0.05, 0.1) is 5.69 Å². The summed E-state index contributed by atoms with van der Waals surface area (Å²) in [4.78, 5) is 15.6. The Morgan fingerprint density at radius 2 is 2.00 bits per heavy atom. The van der Waals surface area contributed by atoms with Crippen LogP contribution in [0.5, 0.6) is 0 Å². The molecule has 6 heteroatoms. The standard InChI is InChI=1S/C18H25N5O/c1-12(21-11-14-9-15(19)10-14)8-13-2-4-16(5-3-13)23-7-6-17(20)22-18(23)24/h2-7,12,14-15,21H,8-11,19H2,1H3,(H2,20,22,24). The summed E-state index contributed by atoms with van der Waals surface area (Å²) in [6.07, 6.45) is 4.87. The first-order valence-corrected chi connectivity index (χ1v) is 8.44. The van der Waals surface area contributed by atoms with Crippen LogP contribution < -0.4 is 22.5 Å². The van der Waals surface area contributed by atoms with E-state index in [1.54, 1.807) is 12.3 Å². The molecule has 3 rings (SSSR count). The van der Waals surface area contributed by atoms with E-state index in [2.05, 4.69) is 29.4 Å². The molecule has 1 aromatic carbocycles. The van der Waals surface area contributed by atoms with E-state index in [-0.39, 0.29) is 11.5 Å². The molecule has 24 heavy (non-hydrogen) atoms. The Morgan fingerprint density at radius 3 is 2.62 bits per heavy atom. The van der Waals surface area contributed by atoms with Gasteiger partial charge in [0.2, 0.25) is 0 Å². The summed E-state index contributed by atoms with van der Waals surface area (Å²) in [5.74, 6) is 0.968. The monoisotopic (exact) mass is 327 g/mol. The van der Waals surface area contributed by atoms with Crippen molar-refractivity contribution in [2.24, 2.45) is 11.7 Å². The minimum Gasteiger partial charge on any atom is -0.383 e. The van der Waals surface area contributed by atoms with E-state index in [4.69, 9.17) is 11.5 Å². The number of benzene rings is 1. The van der Waals surface area contributed by atoms with Gasteiger partial charge < -0.3 is 16.8 Å². The highest BCUT2D eigenvalue weighted by molar-refractivity contribution is 5.36. The zero-order chi connectivity index (χ0) is 17.1. The quantitative estimate of drug-likeness (QED) is 0.737. The van der Waals surface area contributed by atoms with Gasteiger partial charge in [-0.1, -0.05) is 12.1 Å². The lowest BCUT2D eigenvalue weighted by molar-refractivity contribution is 0.249. The number of hydrogen-bond acceptors (Lipinski definition) is 5. The van der Waals surface area contributed by atoms with Crippen molar-refractivity contribution in [2.75, 3.05) is 12.3 Å². The largest absolute Gasteiger partial charge is 0.383 e. The third kappa shape index (κ3) is 4.01. The average Bonchev–Trinajstić information content (AvgIpc) is 2.51. The van der Waals surface area contributed by atoms with E-state index in [0.717, 1.165) is 37.4 Å². The third-order valence-corrected chi connectivity index (χ3v) is 4.61. The molecule has 1 aliphatic carbocycles. The van der Waals surface area contributed by atoms with Crippen LogP contribution in [0.4, 0.5) is 5.82 Å². The first kappa shape index (κ1) is 16.7. The molecule has 1 heterocycles. The predicted octanol–water partition coefficient (Wildman–Crippen LogP) is 1.07. The Morgan fingerprint density at radius 1 is 1.29 bits per heavy atom. The summed E-state index contributed by atoms with van der Waals surface area (Å²) >= 11 is 0. The number of nitrogen functional groups attached to an aromatic ring is 1. The molecule has 1 aliphatic rings. The van der Waals surface area contributed by atoms with Gasteiger partial charge in [-0.3, -0.25) is 4.57 Å². The van der Waals surface area contributed by atoms with Crippen LogP contribution in [0.25, 0.3) is 5.69 Å². The van der Waals surface area contributed by atoms with Crippen molar-refractivity contribution in [2.45, 2.75) is 38.3 Å². The highest BCUT2D eigenvalue weighted by Crippen LogP contribution is 2.24. The van der Waals surface area contributed by atoms with Gasteiger partial charge in [-0.05, 0) is 62.4 Å². The van der Waals surface area contributed by atoms with Gasteiger partial charge in [-0.25, -0.2) is 4.79 Å². The number of anilines is 1. The highest BCUT2D eigenvalue weighted by atomic mass is 16.1. The molecular weight excluding hydrogens is 302 g/mol. The van der Waals surface area contributed by atoms with Gasteiger partial charge >= 0.3 is 5.69 Å². The maximum Gasteiger partial charge on any atom is 0.354 e. The van der Waals surface area contributed by atoms with Gasteiger partial charge in [-0.2, -0.15) is 4.98 Å². The van der Waals surface area contributed by atoms with E-state index >= 15 is 0 Å². The molecule has 0 amide bonds. The number of nitrogens with zero attached hydrogens (tertiary/aromatic N) is 2. The molecule has 1 fully saturated rings. The minimum atomic E-state index is -0.364. The summed E-state index contributed by atoms with van der Waals surface area (Å²) in [5.41, 5.74) is 13.0. The van der Waals surface area contributed by atoms with Crippen molar-refractivity contribution in [3.8, 4) is 5.69 Å². The molecule has 1 aromatic heterocycles. The maximum atomic E-state index is 11.9. The number of hydrogen-bond donors (Lipinski definition) is 3. The Bertz CT molecular complexity index is 734. The number of aromatic nitrogens is 2. The van der Waals surface area contributed by atoms with Crippen molar-refractivity contribution in [3.05, 3.63) is 52.6 Å². The summed E-state index contributed by atoms with van der Waals surface area (Å²) in [7, 11) is 0. The molecule has 1 atom stereocenters. The molecular formula is C18H25N5O. The molecule has 2 aromatic rings. The maximum absolute atomic E-state index is 11.9. The van der Waals surface area contributed by atoms with Crippen molar-refractivity contribution >= 4 is 5.82 Å². The second kappa shape index (κ2) is 7.15. The Labute approximate surface area is 141 Å². The van der Waals surface area contributed by atoms with Crippen LogP contribution in [0.15, 0.2) is 41.3 Å². The Hall–Kier alpha value is -2.18. The van der Waals surface area contributed by atoms with E-state index in [9.17, 15) is 4.79 Å².